The minimum atomic E-state index is -1.30. The van der Waals surface area contributed by atoms with Gasteiger partial charge >= 0.3 is 5.97 Å². The Morgan fingerprint density at radius 3 is 2.19 bits per heavy atom. The molecule has 0 heterocycles. The van der Waals surface area contributed by atoms with Crippen LogP contribution in [-0.4, -0.2) is 42.5 Å². The number of amides is 2. The number of rotatable bonds is 11. The number of esters is 1. The van der Waals surface area contributed by atoms with E-state index in [9.17, 15) is 24.5 Å². The lowest BCUT2D eigenvalue weighted by Crippen LogP contribution is -2.50. The number of nitro groups is 1. The Hall–Kier alpha value is -3.79. The Morgan fingerprint density at radius 1 is 1.06 bits per heavy atom. The Morgan fingerprint density at radius 2 is 1.69 bits per heavy atom. The quantitative estimate of drug-likeness (QED) is 0.306. The first-order valence-electron chi connectivity index (χ1n) is 9.85. The van der Waals surface area contributed by atoms with E-state index >= 15 is 0 Å². The maximum atomic E-state index is 12.9. The second-order valence-corrected chi connectivity index (χ2v) is 6.88. The van der Waals surface area contributed by atoms with Gasteiger partial charge in [-0.15, -0.1) is 0 Å². The fourth-order valence-corrected chi connectivity index (χ4v) is 3.29. The number of nitrogens with zero attached hydrogens (tertiary/aromatic N) is 1. The van der Waals surface area contributed by atoms with Crippen LogP contribution in [0.2, 0.25) is 0 Å². The molecule has 0 radical (unpaired) electrons. The van der Waals surface area contributed by atoms with Gasteiger partial charge in [-0.3, -0.25) is 24.5 Å². The van der Waals surface area contributed by atoms with E-state index in [0.717, 1.165) is 0 Å². The summed E-state index contributed by atoms with van der Waals surface area (Å²) in [6, 6.07) is 12.7. The van der Waals surface area contributed by atoms with Crippen molar-refractivity contribution in [3.8, 4) is 0 Å². The van der Waals surface area contributed by atoms with Gasteiger partial charge in [0.05, 0.1) is 18.0 Å². The number of benzene rings is 2. The molecule has 3 N–H and O–H groups in total. The number of nitro benzene ring substituents is 1. The molecule has 10 heteroatoms. The highest BCUT2D eigenvalue weighted by Gasteiger charge is 2.34. The minimum absolute atomic E-state index is 0.124. The maximum Gasteiger partial charge on any atom is 0.306 e. The molecule has 10 nitrogen and oxygen atoms in total. The molecule has 2 aromatic rings. The number of ether oxygens (including phenoxy) is 2. The van der Waals surface area contributed by atoms with E-state index in [1.807, 2.05) is 0 Å². The Balaban J connectivity index is 2.37. The number of non-ortho nitro benzene ring substituents is 1. The van der Waals surface area contributed by atoms with Gasteiger partial charge in [-0.2, -0.15) is 0 Å². The molecule has 0 fully saturated rings. The lowest BCUT2D eigenvalue weighted by atomic mass is 9.87. The van der Waals surface area contributed by atoms with Crippen molar-refractivity contribution < 1.29 is 28.8 Å². The molecule has 0 aliphatic carbocycles. The average molecular weight is 443 g/mol. The highest BCUT2D eigenvalue weighted by Crippen LogP contribution is 2.27. The summed E-state index contributed by atoms with van der Waals surface area (Å²) in [6.07, 6.45) is -1.29. The molecule has 0 unspecified atom stereocenters. The molecule has 170 valence electrons. The van der Waals surface area contributed by atoms with Gasteiger partial charge in [0.25, 0.3) is 11.6 Å². The van der Waals surface area contributed by atoms with E-state index in [4.69, 9.17) is 15.2 Å². The van der Waals surface area contributed by atoms with Crippen LogP contribution in [-0.2, 0) is 23.9 Å². The number of methoxy groups -OCH3 is 1. The van der Waals surface area contributed by atoms with E-state index in [2.05, 4.69) is 5.32 Å². The average Bonchev–Trinajstić information content (AvgIpc) is 2.77. The zero-order chi connectivity index (χ0) is 23.7. The molecule has 0 saturated carbocycles. The first-order valence-corrected chi connectivity index (χ1v) is 9.85. The second kappa shape index (κ2) is 11.6. The lowest BCUT2D eigenvalue weighted by molar-refractivity contribution is -0.384. The molecule has 2 amide bonds. The van der Waals surface area contributed by atoms with Crippen molar-refractivity contribution in [2.24, 2.45) is 5.73 Å². The third-order valence-corrected chi connectivity index (χ3v) is 4.81. The van der Waals surface area contributed by atoms with Crippen LogP contribution in [0.1, 0.15) is 36.5 Å². The van der Waals surface area contributed by atoms with Gasteiger partial charge in [-0.1, -0.05) is 42.5 Å². The third-order valence-electron chi connectivity index (χ3n) is 4.81. The predicted octanol–water partition coefficient (Wildman–Crippen LogP) is 1.99. The first-order chi connectivity index (χ1) is 15.3. The van der Waals surface area contributed by atoms with Gasteiger partial charge in [0, 0.05) is 25.2 Å². The molecule has 0 aliphatic heterocycles. The van der Waals surface area contributed by atoms with Crippen molar-refractivity contribution in [1.29, 1.82) is 0 Å². The van der Waals surface area contributed by atoms with Gasteiger partial charge in [0.1, 0.15) is 6.04 Å². The summed E-state index contributed by atoms with van der Waals surface area (Å²) in [7, 11) is 1.35. The number of carbonyl (C=O) groups is 3. The molecule has 2 aromatic carbocycles. The molecule has 0 aliphatic rings. The number of hydrogen-bond donors (Lipinski definition) is 2. The van der Waals surface area contributed by atoms with Crippen LogP contribution in [0.5, 0.6) is 0 Å². The second-order valence-electron chi connectivity index (χ2n) is 6.88. The van der Waals surface area contributed by atoms with Crippen molar-refractivity contribution in [3.05, 3.63) is 75.8 Å². The first kappa shape index (κ1) is 24.5. The van der Waals surface area contributed by atoms with Crippen molar-refractivity contribution in [2.75, 3.05) is 13.7 Å². The zero-order valence-corrected chi connectivity index (χ0v) is 17.7. The molecule has 2 rings (SSSR count). The van der Waals surface area contributed by atoms with Crippen LogP contribution < -0.4 is 11.1 Å². The third kappa shape index (κ3) is 6.35. The van der Waals surface area contributed by atoms with Crippen LogP contribution in [0.4, 0.5) is 5.69 Å². The van der Waals surface area contributed by atoms with E-state index in [1.54, 1.807) is 37.3 Å². The highest BCUT2D eigenvalue weighted by atomic mass is 16.6. The summed E-state index contributed by atoms with van der Waals surface area (Å²) >= 11 is 0. The van der Waals surface area contributed by atoms with Crippen molar-refractivity contribution >= 4 is 23.5 Å². The van der Waals surface area contributed by atoms with Crippen LogP contribution >= 0.6 is 0 Å². The fraction of sp³-hybridized carbons (Fsp3) is 0.318. The smallest absolute Gasteiger partial charge is 0.306 e. The summed E-state index contributed by atoms with van der Waals surface area (Å²) in [5.41, 5.74) is 6.38. The predicted molar refractivity (Wildman–Crippen MR) is 114 cm³/mol. The minimum Gasteiger partial charge on any atom is -0.466 e. The molecule has 0 saturated heterocycles. The maximum absolute atomic E-state index is 12.9. The molecule has 0 spiro atoms. The fourth-order valence-electron chi connectivity index (χ4n) is 3.29. The summed E-state index contributed by atoms with van der Waals surface area (Å²) < 4.78 is 10.3. The molecule has 32 heavy (non-hydrogen) atoms. The van der Waals surface area contributed by atoms with Gasteiger partial charge in [0.15, 0.2) is 6.10 Å². The number of nitrogens with two attached hydrogens (primary N) is 1. The summed E-state index contributed by atoms with van der Waals surface area (Å²) in [4.78, 5) is 47.8. The lowest BCUT2D eigenvalue weighted by Gasteiger charge is -2.27. The monoisotopic (exact) mass is 443 g/mol. The largest absolute Gasteiger partial charge is 0.466 e. The van der Waals surface area contributed by atoms with E-state index in [-0.39, 0.29) is 18.7 Å². The number of nitrogens with one attached hydrogen (secondary N) is 1. The SMILES string of the molecule is CCOC(=O)C[C@@H](c1ccc([N+](=O)[O-])cc1)[C@@H](NC(=O)[C@@H](OC)c1ccccc1)C(N)=O. The van der Waals surface area contributed by atoms with Crippen molar-refractivity contribution in [1.82, 2.24) is 5.32 Å². The van der Waals surface area contributed by atoms with E-state index in [0.29, 0.717) is 11.1 Å². The molecule has 3 atom stereocenters. The van der Waals surface area contributed by atoms with E-state index < -0.39 is 40.8 Å². The highest BCUT2D eigenvalue weighted by molar-refractivity contribution is 5.90. The van der Waals surface area contributed by atoms with Crippen molar-refractivity contribution in [3.63, 3.8) is 0 Å². The molecular weight excluding hydrogens is 418 g/mol. The Kier molecular flexibility index (Phi) is 8.84. The van der Waals surface area contributed by atoms with Gasteiger partial charge in [0.2, 0.25) is 5.91 Å². The van der Waals surface area contributed by atoms with Gasteiger partial charge in [-0.25, -0.2) is 0 Å². The zero-order valence-electron chi connectivity index (χ0n) is 17.7. The summed E-state index contributed by atoms with van der Waals surface area (Å²) in [5, 5.41) is 13.5. The molecule has 0 bridgehead atoms. The molecule has 0 aromatic heterocycles. The van der Waals surface area contributed by atoms with Crippen molar-refractivity contribution in [2.45, 2.75) is 31.4 Å². The summed E-state index contributed by atoms with van der Waals surface area (Å²) in [5.74, 6) is -3.03. The molecular formula is C22H25N3O7. The van der Waals surface area contributed by atoms with Gasteiger partial charge in [-0.05, 0) is 18.1 Å². The number of carbonyl (C=O) groups excluding carboxylic acids is 3. The van der Waals surface area contributed by atoms with Crippen LogP contribution in [0, 0.1) is 10.1 Å². The van der Waals surface area contributed by atoms with Gasteiger partial charge < -0.3 is 20.5 Å². The summed E-state index contributed by atoms with van der Waals surface area (Å²) in [6.45, 7) is 1.76. The standard InChI is InChI=1S/C22H25N3O7/c1-3-32-18(26)13-17(14-9-11-16(12-10-14)25(29)30)19(21(23)27)24-22(28)20(31-2)15-7-5-4-6-8-15/h4-12,17,19-20H,3,13H2,1-2H3,(H2,23,27)(H,24,28)/t17-,19+,20-/m0/s1. The Bertz CT molecular complexity index is 948. The topological polar surface area (TPSA) is 151 Å². The van der Waals surface area contributed by atoms with E-state index in [1.165, 1.54) is 31.4 Å². The van der Waals surface area contributed by atoms with Crippen LogP contribution in [0.25, 0.3) is 0 Å². The Labute approximate surface area is 184 Å². The number of primary amides is 1. The van der Waals surface area contributed by atoms with Crippen LogP contribution in [0.3, 0.4) is 0 Å². The number of hydrogen-bond acceptors (Lipinski definition) is 7. The normalized spacial score (nSPS) is 13.4. The van der Waals surface area contributed by atoms with Crippen LogP contribution in [0.15, 0.2) is 54.6 Å².